The van der Waals surface area contributed by atoms with E-state index in [1.54, 1.807) is 0 Å². The van der Waals surface area contributed by atoms with E-state index >= 15 is 0 Å². The zero-order chi connectivity index (χ0) is 12.7. The molecule has 0 radical (unpaired) electrons. The maximum absolute atomic E-state index is 12.8. The summed E-state index contributed by atoms with van der Waals surface area (Å²) < 4.78 is 12.8. The molecule has 0 heterocycles. The summed E-state index contributed by atoms with van der Waals surface area (Å²) in [5.41, 5.74) is 1.15. The SMILES string of the molecule is CC(CCO)CNCC(C)c1ccc(F)cc1. The van der Waals surface area contributed by atoms with E-state index in [-0.39, 0.29) is 12.4 Å². The van der Waals surface area contributed by atoms with Gasteiger partial charge >= 0.3 is 0 Å². The number of hydrogen-bond acceptors (Lipinski definition) is 2. The highest BCUT2D eigenvalue weighted by Crippen LogP contribution is 2.14. The van der Waals surface area contributed by atoms with E-state index in [9.17, 15) is 4.39 Å². The minimum Gasteiger partial charge on any atom is -0.396 e. The molecule has 0 aliphatic heterocycles. The maximum Gasteiger partial charge on any atom is 0.123 e. The van der Waals surface area contributed by atoms with Crippen molar-refractivity contribution in [1.29, 1.82) is 0 Å². The van der Waals surface area contributed by atoms with Gasteiger partial charge in [0.15, 0.2) is 0 Å². The number of benzene rings is 1. The van der Waals surface area contributed by atoms with Crippen molar-refractivity contribution in [2.45, 2.75) is 26.2 Å². The highest BCUT2D eigenvalue weighted by Gasteiger charge is 2.06. The van der Waals surface area contributed by atoms with Gasteiger partial charge in [-0.2, -0.15) is 0 Å². The second-order valence-electron chi connectivity index (χ2n) is 4.73. The highest BCUT2D eigenvalue weighted by molar-refractivity contribution is 5.20. The summed E-state index contributed by atoms with van der Waals surface area (Å²) >= 11 is 0. The molecule has 2 unspecified atom stereocenters. The normalized spacial score (nSPS) is 14.6. The van der Waals surface area contributed by atoms with Crippen LogP contribution in [0.1, 0.15) is 31.7 Å². The largest absolute Gasteiger partial charge is 0.396 e. The Hall–Kier alpha value is -0.930. The molecule has 0 spiro atoms. The molecule has 2 nitrogen and oxygen atoms in total. The first-order valence-corrected chi connectivity index (χ1v) is 6.20. The lowest BCUT2D eigenvalue weighted by Crippen LogP contribution is -2.25. The van der Waals surface area contributed by atoms with Crippen LogP contribution in [0.3, 0.4) is 0 Å². The highest BCUT2D eigenvalue weighted by atomic mass is 19.1. The molecule has 0 aromatic heterocycles. The zero-order valence-electron chi connectivity index (χ0n) is 10.6. The van der Waals surface area contributed by atoms with E-state index in [4.69, 9.17) is 5.11 Å². The molecule has 2 atom stereocenters. The van der Waals surface area contributed by atoms with Gasteiger partial charge in [0, 0.05) is 13.2 Å². The van der Waals surface area contributed by atoms with Crippen molar-refractivity contribution in [3.63, 3.8) is 0 Å². The Morgan fingerprint density at radius 2 is 1.82 bits per heavy atom. The number of rotatable bonds is 7. The van der Waals surface area contributed by atoms with Gasteiger partial charge in [-0.1, -0.05) is 26.0 Å². The van der Waals surface area contributed by atoms with Crippen LogP contribution < -0.4 is 5.32 Å². The minimum atomic E-state index is -0.189. The van der Waals surface area contributed by atoms with Crippen molar-refractivity contribution in [2.75, 3.05) is 19.7 Å². The Morgan fingerprint density at radius 3 is 2.41 bits per heavy atom. The topological polar surface area (TPSA) is 32.3 Å². The van der Waals surface area contributed by atoms with E-state index in [1.165, 1.54) is 12.1 Å². The minimum absolute atomic E-state index is 0.189. The Labute approximate surface area is 103 Å². The zero-order valence-corrected chi connectivity index (χ0v) is 10.6. The van der Waals surface area contributed by atoms with Gasteiger partial charge < -0.3 is 10.4 Å². The predicted molar refractivity (Wildman–Crippen MR) is 68.6 cm³/mol. The van der Waals surface area contributed by atoms with Crippen molar-refractivity contribution in [1.82, 2.24) is 5.32 Å². The van der Waals surface area contributed by atoms with E-state index in [1.807, 2.05) is 12.1 Å². The molecule has 0 aliphatic carbocycles. The molecule has 17 heavy (non-hydrogen) atoms. The van der Waals surface area contributed by atoms with Crippen molar-refractivity contribution in [3.05, 3.63) is 35.6 Å². The number of halogens is 1. The molecule has 1 rings (SSSR count). The molecule has 96 valence electrons. The molecule has 0 amide bonds. The Morgan fingerprint density at radius 1 is 1.18 bits per heavy atom. The Kier molecular flexibility index (Phi) is 6.16. The lowest BCUT2D eigenvalue weighted by Gasteiger charge is -2.15. The van der Waals surface area contributed by atoms with Crippen molar-refractivity contribution in [3.8, 4) is 0 Å². The molecule has 0 saturated carbocycles. The summed E-state index contributed by atoms with van der Waals surface area (Å²) in [6.45, 7) is 6.27. The van der Waals surface area contributed by atoms with E-state index in [0.29, 0.717) is 11.8 Å². The van der Waals surface area contributed by atoms with Gasteiger partial charge in [0.1, 0.15) is 5.82 Å². The van der Waals surface area contributed by atoms with Crippen LogP contribution in [0.5, 0.6) is 0 Å². The summed E-state index contributed by atoms with van der Waals surface area (Å²) in [6, 6.07) is 6.66. The van der Waals surface area contributed by atoms with Gasteiger partial charge in [0.05, 0.1) is 0 Å². The second kappa shape index (κ2) is 7.41. The average molecular weight is 239 g/mol. The second-order valence-corrected chi connectivity index (χ2v) is 4.73. The lowest BCUT2D eigenvalue weighted by molar-refractivity contribution is 0.260. The van der Waals surface area contributed by atoms with Gasteiger partial charge in [-0.3, -0.25) is 0 Å². The van der Waals surface area contributed by atoms with Crippen LogP contribution in [-0.4, -0.2) is 24.8 Å². The molecule has 1 aromatic rings. The molecule has 1 aromatic carbocycles. The molecular formula is C14H22FNO. The van der Waals surface area contributed by atoms with Crippen LogP contribution in [0, 0.1) is 11.7 Å². The Balaban J connectivity index is 2.29. The van der Waals surface area contributed by atoms with Crippen LogP contribution in [0.25, 0.3) is 0 Å². The number of hydrogen-bond donors (Lipinski definition) is 2. The van der Waals surface area contributed by atoms with Crippen LogP contribution >= 0.6 is 0 Å². The first-order valence-electron chi connectivity index (χ1n) is 6.20. The summed E-state index contributed by atoms with van der Waals surface area (Å²) in [5.74, 6) is 0.669. The smallest absolute Gasteiger partial charge is 0.123 e. The Bertz CT molecular complexity index is 313. The van der Waals surface area contributed by atoms with Crippen LogP contribution in [0.2, 0.25) is 0 Å². The van der Waals surface area contributed by atoms with E-state index in [2.05, 4.69) is 19.2 Å². The third kappa shape index (κ3) is 5.29. The van der Waals surface area contributed by atoms with Crippen LogP contribution in [0.15, 0.2) is 24.3 Å². The standard InChI is InChI=1S/C14H22FNO/c1-11(7-8-17)9-16-10-12(2)13-3-5-14(15)6-4-13/h3-6,11-12,16-17H,7-10H2,1-2H3. The molecule has 0 aliphatic rings. The lowest BCUT2D eigenvalue weighted by atomic mass is 10.0. The van der Waals surface area contributed by atoms with E-state index in [0.717, 1.165) is 25.1 Å². The maximum atomic E-state index is 12.8. The molecule has 0 saturated heterocycles. The fraction of sp³-hybridized carbons (Fsp3) is 0.571. The van der Waals surface area contributed by atoms with Crippen LogP contribution in [0.4, 0.5) is 4.39 Å². The molecule has 0 bridgehead atoms. The van der Waals surface area contributed by atoms with Gasteiger partial charge in [-0.15, -0.1) is 0 Å². The predicted octanol–water partition coefficient (Wildman–Crippen LogP) is 2.54. The fourth-order valence-corrected chi connectivity index (χ4v) is 1.78. The van der Waals surface area contributed by atoms with Gasteiger partial charge in [0.2, 0.25) is 0 Å². The third-order valence-corrected chi connectivity index (χ3v) is 3.00. The molecule has 0 fully saturated rings. The average Bonchev–Trinajstić information content (AvgIpc) is 2.30. The van der Waals surface area contributed by atoms with E-state index < -0.39 is 0 Å². The summed E-state index contributed by atoms with van der Waals surface area (Å²) in [7, 11) is 0. The fourth-order valence-electron chi connectivity index (χ4n) is 1.78. The first kappa shape index (κ1) is 14.1. The third-order valence-electron chi connectivity index (χ3n) is 3.00. The summed E-state index contributed by atoms with van der Waals surface area (Å²) in [6.07, 6.45) is 0.831. The number of aliphatic hydroxyl groups is 1. The van der Waals surface area contributed by atoms with Crippen LogP contribution in [-0.2, 0) is 0 Å². The quantitative estimate of drug-likeness (QED) is 0.766. The summed E-state index contributed by atoms with van der Waals surface area (Å²) in [5, 5.41) is 12.2. The first-order chi connectivity index (χ1) is 8.13. The van der Waals surface area contributed by atoms with Crippen molar-refractivity contribution < 1.29 is 9.50 Å². The molecular weight excluding hydrogens is 217 g/mol. The number of aliphatic hydroxyl groups excluding tert-OH is 1. The van der Waals surface area contributed by atoms with Gasteiger partial charge in [0.25, 0.3) is 0 Å². The van der Waals surface area contributed by atoms with Gasteiger partial charge in [-0.05, 0) is 42.5 Å². The number of nitrogens with one attached hydrogen (secondary N) is 1. The van der Waals surface area contributed by atoms with Crippen molar-refractivity contribution in [2.24, 2.45) is 5.92 Å². The summed E-state index contributed by atoms with van der Waals surface area (Å²) in [4.78, 5) is 0. The molecule has 3 heteroatoms. The monoisotopic (exact) mass is 239 g/mol. The van der Waals surface area contributed by atoms with Crippen molar-refractivity contribution >= 4 is 0 Å². The molecule has 2 N–H and O–H groups in total. The van der Waals surface area contributed by atoms with Gasteiger partial charge in [-0.25, -0.2) is 4.39 Å².